The van der Waals surface area contributed by atoms with Crippen LogP contribution in [0.3, 0.4) is 0 Å². The van der Waals surface area contributed by atoms with Gasteiger partial charge in [-0.1, -0.05) is 158 Å². The van der Waals surface area contributed by atoms with Crippen molar-refractivity contribution in [2.45, 2.75) is 0 Å². The van der Waals surface area contributed by atoms with Crippen LogP contribution >= 0.6 is 0 Å². The first-order valence-electron chi connectivity index (χ1n) is 17.5. The van der Waals surface area contributed by atoms with Crippen molar-refractivity contribution in [1.82, 2.24) is 14.1 Å². The summed E-state index contributed by atoms with van der Waals surface area (Å²) in [6.07, 6.45) is 3.97. The molecule has 10 rings (SSSR count). The van der Waals surface area contributed by atoms with Crippen LogP contribution in [-0.2, 0) is 0 Å². The molecular weight excluding hydrogens is 635 g/mol. The third-order valence-electron chi connectivity index (χ3n) is 10.5. The van der Waals surface area contributed by atoms with Crippen LogP contribution in [0.4, 0.5) is 0 Å². The zero-order valence-electron chi connectivity index (χ0n) is 27.9. The molecule has 0 aliphatic heterocycles. The third kappa shape index (κ3) is 4.47. The Balaban J connectivity index is 1.24. The Morgan fingerprint density at radius 2 is 0.686 bits per heavy atom. The number of benzene rings is 7. The van der Waals surface area contributed by atoms with Crippen molar-refractivity contribution in [3.63, 3.8) is 0 Å². The molecule has 240 valence electrons. The zero-order valence-corrected chi connectivity index (χ0v) is 28.9. The second-order valence-electron chi connectivity index (χ2n) is 13.2. The highest BCUT2D eigenvalue weighted by Crippen LogP contribution is 2.35. The Morgan fingerprint density at radius 1 is 0.314 bits per heavy atom. The van der Waals surface area contributed by atoms with Crippen LogP contribution in [0.25, 0.3) is 55.0 Å². The van der Waals surface area contributed by atoms with Crippen LogP contribution < -0.4 is 20.7 Å². The molecule has 51 heavy (non-hydrogen) atoms. The lowest BCUT2D eigenvalue weighted by Gasteiger charge is -2.34. The second kappa shape index (κ2) is 11.8. The number of hydrogen-bond donors (Lipinski definition) is 0. The summed E-state index contributed by atoms with van der Waals surface area (Å²) < 4.78 is 4.72. The number of hydrogen-bond acceptors (Lipinski definition) is 1. The zero-order chi connectivity index (χ0) is 33.8. The maximum Gasteiger partial charge on any atom is 0.179 e. The van der Waals surface area contributed by atoms with Gasteiger partial charge < -0.3 is 9.13 Å². The van der Waals surface area contributed by atoms with E-state index in [2.05, 4.69) is 197 Å². The smallest absolute Gasteiger partial charge is 0.179 e. The van der Waals surface area contributed by atoms with E-state index < -0.39 is 8.07 Å². The summed E-state index contributed by atoms with van der Waals surface area (Å²) >= 11 is 0. The average molecular weight is 668 g/mol. The molecule has 0 fully saturated rings. The number of para-hydroxylation sites is 3. The second-order valence-corrected chi connectivity index (χ2v) is 17.0. The minimum Gasteiger partial charge on any atom is -0.308 e. The highest BCUT2D eigenvalue weighted by Gasteiger charge is 2.41. The van der Waals surface area contributed by atoms with Gasteiger partial charge in [0.2, 0.25) is 0 Å². The minimum absolute atomic E-state index is 1.03. The largest absolute Gasteiger partial charge is 0.308 e. The molecule has 7 aromatic carbocycles. The van der Waals surface area contributed by atoms with Gasteiger partial charge in [-0.25, -0.2) is 0 Å². The van der Waals surface area contributed by atoms with Gasteiger partial charge in [-0.2, -0.15) is 0 Å². The van der Waals surface area contributed by atoms with Gasteiger partial charge in [0.25, 0.3) is 0 Å². The van der Waals surface area contributed by atoms with E-state index in [1.54, 1.807) is 0 Å². The molecule has 4 heteroatoms. The average Bonchev–Trinajstić information content (AvgIpc) is 3.72. The van der Waals surface area contributed by atoms with Crippen molar-refractivity contribution in [2.24, 2.45) is 0 Å². The van der Waals surface area contributed by atoms with E-state index in [-0.39, 0.29) is 0 Å². The molecule has 0 N–H and O–H groups in total. The molecule has 3 nitrogen and oxygen atoms in total. The molecule has 0 saturated heterocycles. The molecule has 0 radical (unpaired) electrons. The highest BCUT2D eigenvalue weighted by atomic mass is 28.3. The Morgan fingerprint density at radius 3 is 1.14 bits per heavy atom. The maximum atomic E-state index is 4.86. The lowest BCUT2D eigenvalue weighted by molar-refractivity contribution is 1.09. The third-order valence-corrected chi connectivity index (χ3v) is 15.3. The van der Waals surface area contributed by atoms with Gasteiger partial charge in [0.15, 0.2) is 8.07 Å². The first-order chi connectivity index (χ1) is 25.3. The molecule has 3 aromatic heterocycles. The normalized spacial score (nSPS) is 11.9. The van der Waals surface area contributed by atoms with E-state index in [4.69, 9.17) is 4.98 Å². The van der Waals surface area contributed by atoms with Gasteiger partial charge in [-0.3, -0.25) is 4.98 Å². The fourth-order valence-corrected chi connectivity index (χ4v) is 13.2. The molecule has 0 unspecified atom stereocenters. The summed E-state index contributed by atoms with van der Waals surface area (Å²) in [6.45, 7) is 0. The van der Waals surface area contributed by atoms with E-state index >= 15 is 0 Å². The summed E-state index contributed by atoms with van der Waals surface area (Å²) in [5, 5.41) is 10.4. The van der Waals surface area contributed by atoms with Gasteiger partial charge in [0.1, 0.15) is 0 Å². The molecule has 0 bridgehead atoms. The van der Waals surface area contributed by atoms with E-state index in [1.165, 1.54) is 58.8 Å². The molecule has 0 saturated carbocycles. The SMILES string of the molecule is c1ccc([Si](c2ccccc2)(c2ccccc2)c2ccc3c(c2)c2ccccc2n3-c2cncc(-n3c4ccccc4c4ccccc43)c2)cc1. The van der Waals surface area contributed by atoms with E-state index in [0.717, 1.165) is 16.9 Å². The molecule has 10 aromatic rings. The molecule has 0 aliphatic carbocycles. The van der Waals surface area contributed by atoms with E-state index in [0.29, 0.717) is 0 Å². The minimum atomic E-state index is -2.70. The first kappa shape index (κ1) is 29.4. The Bertz CT molecular complexity index is 2700. The van der Waals surface area contributed by atoms with Crippen LogP contribution in [0.15, 0.2) is 200 Å². The van der Waals surface area contributed by atoms with Crippen LogP contribution in [0.2, 0.25) is 0 Å². The molecule has 0 aliphatic rings. The van der Waals surface area contributed by atoms with Crippen molar-refractivity contribution in [1.29, 1.82) is 0 Å². The molecule has 0 spiro atoms. The van der Waals surface area contributed by atoms with Crippen LogP contribution in [-0.4, -0.2) is 22.2 Å². The lowest BCUT2D eigenvalue weighted by Crippen LogP contribution is -2.74. The maximum absolute atomic E-state index is 4.86. The quantitative estimate of drug-likeness (QED) is 0.129. The summed E-state index contributed by atoms with van der Waals surface area (Å²) in [7, 11) is -2.70. The topological polar surface area (TPSA) is 22.8 Å². The van der Waals surface area contributed by atoms with E-state index in [1.807, 2.05) is 12.4 Å². The summed E-state index contributed by atoms with van der Waals surface area (Å²) in [5.74, 6) is 0. The molecular formula is C47H33N3Si. The number of nitrogens with zero attached hydrogens (tertiary/aromatic N) is 3. The Hall–Kier alpha value is -6.49. The Kier molecular flexibility index (Phi) is 6.83. The van der Waals surface area contributed by atoms with Crippen molar-refractivity contribution >= 4 is 72.4 Å². The van der Waals surface area contributed by atoms with Crippen molar-refractivity contribution in [3.8, 4) is 11.4 Å². The number of fused-ring (bicyclic) bond motifs is 6. The first-order valence-corrected chi connectivity index (χ1v) is 19.5. The lowest BCUT2D eigenvalue weighted by atomic mass is 10.1. The van der Waals surface area contributed by atoms with Crippen LogP contribution in [0.5, 0.6) is 0 Å². The van der Waals surface area contributed by atoms with Crippen molar-refractivity contribution < 1.29 is 0 Å². The Labute approximate surface area is 297 Å². The fourth-order valence-electron chi connectivity index (χ4n) is 8.41. The number of pyridine rings is 1. The van der Waals surface area contributed by atoms with Crippen LogP contribution in [0, 0.1) is 0 Å². The standard InChI is InChI=1S/C47H33N3Si/c1-4-16-36(17-5-1)51(37-18-6-2-7-19-37,38-20-8-3-9-21-38)39-28-29-47-43(31-39)42-24-12-15-27-46(42)50(47)35-30-34(32-48-33-35)49-44-25-13-10-22-40(44)41-23-11-14-26-45(41)49/h1-33H. The van der Waals surface area contributed by atoms with Gasteiger partial charge in [-0.05, 0) is 51.1 Å². The van der Waals surface area contributed by atoms with Crippen molar-refractivity contribution in [2.75, 3.05) is 0 Å². The number of rotatable bonds is 6. The van der Waals surface area contributed by atoms with Crippen LogP contribution in [0.1, 0.15) is 0 Å². The predicted octanol–water partition coefficient (Wildman–Crippen LogP) is 8.65. The van der Waals surface area contributed by atoms with E-state index in [9.17, 15) is 0 Å². The summed E-state index contributed by atoms with van der Waals surface area (Å²) in [6, 6.07) is 69.0. The molecule has 0 atom stereocenters. The molecule has 3 heterocycles. The molecule has 0 amide bonds. The van der Waals surface area contributed by atoms with Crippen molar-refractivity contribution in [3.05, 3.63) is 200 Å². The summed E-state index contributed by atoms with van der Waals surface area (Å²) in [4.78, 5) is 4.86. The van der Waals surface area contributed by atoms with Gasteiger partial charge >= 0.3 is 0 Å². The predicted molar refractivity (Wildman–Crippen MR) is 217 cm³/mol. The van der Waals surface area contributed by atoms with Gasteiger partial charge in [0, 0.05) is 21.5 Å². The summed E-state index contributed by atoms with van der Waals surface area (Å²) in [5.41, 5.74) is 6.75. The van der Waals surface area contributed by atoms with Gasteiger partial charge in [0.05, 0.1) is 45.8 Å². The van der Waals surface area contributed by atoms with Gasteiger partial charge in [-0.15, -0.1) is 0 Å². The fraction of sp³-hybridized carbons (Fsp3) is 0. The number of aromatic nitrogens is 3. The monoisotopic (exact) mass is 667 g/mol. The highest BCUT2D eigenvalue weighted by molar-refractivity contribution is 7.20.